The number of hydrogen-bond donors (Lipinski definition) is 1. The smallest absolute Gasteiger partial charge is 0.384 e. The van der Waals surface area contributed by atoms with E-state index in [1.807, 2.05) is 13.8 Å². The number of ether oxygens (including phenoxy) is 1. The van der Waals surface area contributed by atoms with Crippen molar-refractivity contribution >= 4 is 11.9 Å². The Morgan fingerprint density at radius 3 is 2.36 bits per heavy atom. The highest BCUT2D eigenvalue weighted by molar-refractivity contribution is 5.89. The maximum atomic E-state index is 10.7. The van der Waals surface area contributed by atoms with Crippen LogP contribution < -0.4 is 0 Å². The first-order chi connectivity index (χ1) is 6.41. The van der Waals surface area contributed by atoms with Gasteiger partial charge in [0.25, 0.3) is 0 Å². The summed E-state index contributed by atoms with van der Waals surface area (Å²) in [5, 5.41) is 8.80. The molecule has 4 nitrogen and oxygen atoms in total. The molecule has 0 aliphatic heterocycles. The molecule has 1 fully saturated rings. The Balaban J connectivity index is 2.69. The second kappa shape index (κ2) is 3.33. The van der Waals surface area contributed by atoms with Crippen molar-refractivity contribution in [1.82, 2.24) is 0 Å². The SMILES string of the molecule is COC(=O)C#C[C@H]1[C@@H](C(=O)O)C1(C)C. The van der Waals surface area contributed by atoms with Crippen molar-refractivity contribution in [3.63, 3.8) is 0 Å². The monoisotopic (exact) mass is 196 g/mol. The van der Waals surface area contributed by atoms with Crippen molar-refractivity contribution in [2.45, 2.75) is 13.8 Å². The van der Waals surface area contributed by atoms with E-state index in [0.29, 0.717) is 0 Å². The van der Waals surface area contributed by atoms with Crippen LogP contribution in [0.4, 0.5) is 0 Å². The third kappa shape index (κ3) is 1.72. The lowest BCUT2D eigenvalue weighted by molar-refractivity contribution is -0.139. The lowest BCUT2D eigenvalue weighted by Crippen LogP contribution is -2.03. The number of carboxylic acids is 1. The number of methoxy groups -OCH3 is 1. The van der Waals surface area contributed by atoms with Gasteiger partial charge in [0.2, 0.25) is 0 Å². The largest absolute Gasteiger partial charge is 0.481 e. The number of hydrogen-bond acceptors (Lipinski definition) is 3. The lowest BCUT2D eigenvalue weighted by atomic mass is 10.1. The molecule has 1 saturated carbocycles. The molecule has 1 rings (SSSR count). The van der Waals surface area contributed by atoms with Crippen molar-refractivity contribution < 1.29 is 19.4 Å². The summed E-state index contributed by atoms with van der Waals surface area (Å²) in [6, 6.07) is 0. The fraction of sp³-hybridized carbons (Fsp3) is 0.600. The van der Waals surface area contributed by atoms with Crippen molar-refractivity contribution in [3.05, 3.63) is 0 Å². The lowest BCUT2D eigenvalue weighted by Gasteiger charge is -1.94. The standard InChI is InChI=1S/C10H12O4/c1-10(2)6(8(10)9(12)13)4-5-7(11)14-3/h6,8H,1-3H3,(H,12,13)/t6-,8-/m0/s1. The van der Waals surface area contributed by atoms with E-state index < -0.39 is 17.9 Å². The van der Waals surface area contributed by atoms with Crippen LogP contribution in [-0.4, -0.2) is 24.2 Å². The molecule has 1 aliphatic carbocycles. The highest BCUT2D eigenvalue weighted by atomic mass is 16.5. The normalized spacial score (nSPS) is 27.1. The summed E-state index contributed by atoms with van der Waals surface area (Å²) in [5.41, 5.74) is -0.340. The number of rotatable bonds is 1. The van der Waals surface area contributed by atoms with Crippen LogP contribution in [0.5, 0.6) is 0 Å². The molecule has 0 bridgehead atoms. The van der Waals surface area contributed by atoms with Gasteiger partial charge in [0.15, 0.2) is 0 Å². The van der Waals surface area contributed by atoms with E-state index in [1.54, 1.807) is 0 Å². The molecular weight excluding hydrogens is 184 g/mol. The molecule has 14 heavy (non-hydrogen) atoms. The Morgan fingerprint density at radius 2 is 2.00 bits per heavy atom. The molecule has 0 aromatic carbocycles. The van der Waals surface area contributed by atoms with Gasteiger partial charge in [-0.3, -0.25) is 4.79 Å². The van der Waals surface area contributed by atoms with Gasteiger partial charge < -0.3 is 9.84 Å². The third-order valence-corrected chi connectivity index (χ3v) is 2.61. The molecule has 1 N–H and O–H groups in total. The van der Waals surface area contributed by atoms with Gasteiger partial charge in [0.05, 0.1) is 13.0 Å². The van der Waals surface area contributed by atoms with E-state index in [4.69, 9.17) is 5.11 Å². The summed E-state index contributed by atoms with van der Waals surface area (Å²) in [6.07, 6.45) is 0. The van der Waals surface area contributed by atoms with E-state index >= 15 is 0 Å². The molecule has 0 aromatic rings. The zero-order chi connectivity index (χ0) is 10.9. The van der Waals surface area contributed by atoms with Crippen LogP contribution in [-0.2, 0) is 14.3 Å². The average molecular weight is 196 g/mol. The van der Waals surface area contributed by atoms with E-state index in [-0.39, 0.29) is 11.3 Å². The van der Waals surface area contributed by atoms with E-state index in [1.165, 1.54) is 7.11 Å². The minimum absolute atomic E-state index is 0.251. The quantitative estimate of drug-likeness (QED) is 0.377. The van der Waals surface area contributed by atoms with Gasteiger partial charge in [-0.05, 0) is 5.41 Å². The maximum absolute atomic E-state index is 10.7. The van der Waals surface area contributed by atoms with Crippen LogP contribution >= 0.6 is 0 Å². The van der Waals surface area contributed by atoms with Crippen LogP contribution in [0.3, 0.4) is 0 Å². The first-order valence-electron chi connectivity index (χ1n) is 4.23. The van der Waals surface area contributed by atoms with Crippen LogP contribution in [0.2, 0.25) is 0 Å². The molecule has 0 spiro atoms. The fourth-order valence-electron chi connectivity index (χ4n) is 1.56. The number of esters is 1. The van der Waals surface area contributed by atoms with Gasteiger partial charge >= 0.3 is 11.9 Å². The maximum Gasteiger partial charge on any atom is 0.384 e. The van der Waals surface area contributed by atoms with Crippen LogP contribution in [0.15, 0.2) is 0 Å². The van der Waals surface area contributed by atoms with Gasteiger partial charge in [-0.15, -0.1) is 0 Å². The summed E-state index contributed by atoms with van der Waals surface area (Å²) in [5.74, 6) is 2.67. The molecule has 2 atom stereocenters. The molecule has 0 aromatic heterocycles. The second-order valence-electron chi connectivity index (χ2n) is 3.88. The number of aliphatic carboxylic acids is 1. The average Bonchev–Trinajstić information content (AvgIpc) is 2.64. The number of carboxylic acid groups (broad SMARTS) is 1. The molecule has 0 radical (unpaired) electrons. The first kappa shape index (κ1) is 10.6. The van der Waals surface area contributed by atoms with Gasteiger partial charge in [-0.2, -0.15) is 0 Å². The summed E-state index contributed by atoms with van der Waals surface area (Å²) in [7, 11) is 1.24. The molecular formula is C10H12O4. The first-order valence-corrected chi connectivity index (χ1v) is 4.23. The molecule has 0 saturated heterocycles. The van der Waals surface area contributed by atoms with Gasteiger partial charge in [0, 0.05) is 11.8 Å². The summed E-state index contributed by atoms with van der Waals surface area (Å²) in [6.45, 7) is 3.64. The molecule has 0 heterocycles. The second-order valence-corrected chi connectivity index (χ2v) is 3.88. The summed E-state index contributed by atoms with van der Waals surface area (Å²) in [4.78, 5) is 21.4. The Labute approximate surface area is 82.2 Å². The van der Waals surface area contributed by atoms with Crippen molar-refractivity contribution in [2.75, 3.05) is 7.11 Å². The minimum Gasteiger partial charge on any atom is -0.481 e. The van der Waals surface area contributed by atoms with Crippen LogP contribution in [0.25, 0.3) is 0 Å². The molecule has 0 unspecified atom stereocenters. The van der Waals surface area contributed by atoms with Crippen molar-refractivity contribution in [1.29, 1.82) is 0 Å². The van der Waals surface area contributed by atoms with Crippen LogP contribution in [0.1, 0.15) is 13.8 Å². The van der Waals surface area contributed by atoms with Gasteiger partial charge in [0.1, 0.15) is 0 Å². The van der Waals surface area contributed by atoms with Gasteiger partial charge in [-0.25, -0.2) is 4.79 Å². The molecule has 1 aliphatic rings. The van der Waals surface area contributed by atoms with Crippen LogP contribution in [0, 0.1) is 29.1 Å². The molecule has 76 valence electrons. The van der Waals surface area contributed by atoms with Crippen molar-refractivity contribution in [2.24, 2.45) is 17.3 Å². The number of carbonyl (C=O) groups is 2. The highest BCUT2D eigenvalue weighted by Gasteiger charge is 2.61. The zero-order valence-electron chi connectivity index (χ0n) is 8.33. The molecule has 0 amide bonds. The predicted molar refractivity (Wildman–Crippen MR) is 48.2 cm³/mol. The highest BCUT2D eigenvalue weighted by Crippen LogP contribution is 2.57. The summed E-state index contributed by atoms with van der Waals surface area (Å²) < 4.78 is 4.33. The van der Waals surface area contributed by atoms with Crippen molar-refractivity contribution in [3.8, 4) is 11.8 Å². The van der Waals surface area contributed by atoms with E-state index in [2.05, 4.69) is 16.6 Å². The Morgan fingerprint density at radius 1 is 1.43 bits per heavy atom. The minimum atomic E-state index is -0.862. The molecule has 4 heteroatoms. The predicted octanol–water partition coefficient (Wildman–Crippen LogP) is 0.520. The fourth-order valence-corrected chi connectivity index (χ4v) is 1.56. The Hall–Kier alpha value is -1.50. The Kier molecular flexibility index (Phi) is 2.52. The van der Waals surface area contributed by atoms with E-state index in [0.717, 1.165) is 0 Å². The van der Waals surface area contributed by atoms with Gasteiger partial charge in [-0.1, -0.05) is 19.8 Å². The number of carbonyl (C=O) groups excluding carboxylic acids is 1. The Bertz CT molecular complexity index is 332. The summed E-state index contributed by atoms with van der Waals surface area (Å²) >= 11 is 0. The topological polar surface area (TPSA) is 63.6 Å². The third-order valence-electron chi connectivity index (χ3n) is 2.61. The van der Waals surface area contributed by atoms with E-state index in [9.17, 15) is 9.59 Å². The zero-order valence-corrected chi connectivity index (χ0v) is 8.33.